The summed E-state index contributed by atoms with van der Waals surface area (Å²) in [5.41, 5.74) is 0.265. The van der Waals surface area contributed by atoms with Crippen molar-refractivity contribution in [2.45, 2.75) is 6.85 Å². The molecule has 0 bridgehead atoms. The number of hydrogen-bond acceptors (Lipinski definition) is 1. The zero-order valence-electron chi connectivity index (χ0n) is 7.06. The second kappa shape index (κ2) is 2.27. The van der Waals surface area contributed by atoms with Gasteiger partial charge in [-0.2, -0.15) is 0 Å². The first-order valence-corrected chi connectivity index (χ1v) is 2.91. The molecule has 1 heterocycles. The van der Waals surface area contributed by atoms with Crippen molar-refractivity contribution in [3.05, 3.63) is 28.5 Å². The Kier molecular flexibility index (Phi) is 0.841. The largest absolute Gasteiger partial charge is 0.249 e. The fraction of sp³-hybridized carbons (Fsp3) is 0.167. The maximum atomic E-state index is 7.02. The topological polar surface area (TPSA) is 12.9 Å². The summed E-state index contributed by atoms with van der Waals surface area (Å²) < 4.78 is 21.7. The lowest BCUT2D eigenvalue weighted by molar-refractivity contribution is 1.23. The summed E-state index contributed by atoms with van der Waals surface area (Å²) in [5.74, 6) is 0. The van der Waals surface area contributed by atoms with E-state index in [1.807, 2.05) is 0 Å². The lowest BCUT2D eigenvalue weighted by Gasteiger charge is -1.87. The average molecular weight is 175 g/mol. The summed E-state index contributed by atoms with van der Waals surface area (Å²) in [6, 6.07) is 3.14. The highest BCUT2D eigenvalue weighted by atomic mass is 79.9. The predicted molar refractivity (Wildman–Crippen MR) is 36.7 cm³/mol. The summed E-state index contributed by atoms with van der Waals surface area (Å²) in [6.45, 7) is -2.05. The van der Waals surface area contributed by atoms with Gasteiger partial charge in [-0.3, -0.25) is 0 Å². The standard InChI is InChI=1S/C6H6BrN/c1-5-2-3-6(7)8-4-5/h2-4H,1H3/i1D3. The quantitative estimate of drug-likeness (QED) is 0.550. The van der Waals surface area contributed by atoms with E-state index in [0.717, 1.165) is 0 Å². The van der Waals surface area contributed by atoms with Gasteiger partial charge in [-0.1, -0.05) is 6.07 Å². The molecule has 0 radical (unpaired) electrons. The third kappa shape index (κ3) is 1.30. The third-order valence-electron chi connectivity index (χ3n) is 0.727. The average Bonchev–Trinajstić information content (AvgIpc) is 1.86. The van der Waals surface area contributed by atoms with E-state index in [1.54, 1.807) is 6.07 Å². The lowest BCUT2D eigenvalue weighted by Crippen LogP contribution is -1.74. The van der Waals surface area contributed by atoms with E-state index in [-0.39, 0.29) is 5.56 Å². The number of rotatable bonds is 0. The summed E-state index contributed by atoms with van der Waals surface area (Å²) >= 11 is 3.12. The first-order chi connectivity index (χ1) is 5.00. The zero-order chi connectivity index (χ0) is 8.48. The molecule has 0 aliphatic heterocycles. The Hall–Kier alpha value is -0.370. The SMILES string of the molecule is [2H]C([2H])([2H])c1ccc(Br)nc1. The molecule has 1 aromatic heterocycles. The van der Waals surface area contributed by atoms with Gasteiger partial charge < -0.3 is 0 Å². The minimum atomic E-state index is -2.05. The molecule has 0 amide bonds. The first kappa shape index (κ1) is 2.97. The van der Waals surface area contributed by atoms with E-state index >= 15 is 0 Å². The Bertz CT molecular complexity index is 241. The third-order valence-corrected chi connectivity index (χ3v) is 1.20. The smallest absolute Gasteiger partial charge is 0.106 e. The van der Waals surface area contributed by atoms with Gasteiger partial charge >= 0.3 is 0 Å². The number of aryl methyl sites for hydroxylation is 1. The molecule has 0 saturated carbocycles. The molecule has 0 spiro atoms. The minimum absolute atomic E-state index is 0.265. The Morgan fingerprint density at radius 2 is 2.62 bits per heavy atom. The molecule has 2 heteroatoms. The Balaban J connectivity index is 2.99. The van der Waals surface area contributed by atoms with Gasteiger partial charge in [-0.25, -0.2) is 4.98 Å². The van der Waals surface area contributed by atoms with E-state index in [9.17, 15) is 0 Å². The van der Waals surface area contributed by atoms with E-state index in [4.69, 9.17) is 4.11 Å². The van der Waals surface area contributed by atoms with Crippen LogP contribution in [0.2, 0.25) is 0 Å². The van der Waals surface area contributed by atoms with Crippen LogP contribution in [0.4, 0.5) is 0 Å². The summed E-state index contributed by atoms with van der Waals surface area (Å²) in [7, 11) is 0. The van der Waals surface area contributed by atoms with Gasteiger partial charge in [0.25, 0.3) is 0 Å². The van der Waals surface area contributed by atoms with Gasteiger partial charge in [0.1, 0.15) is 4.60 Å². The maximum Gasteiger partial charge on any atom is 0.106 e. The molecule has 0 N–H and O–H groups in total. The summed E-state index contributed by atoms with van der Waals surface area (Å²) in [6.07, 6.45) is 1.34. The van der Waals surface area contributed by atoms with Crippen LogP contribution in [-0.2, 0) is 0 Å². The van der Waals surface area contributed by atoms with E-state index in [2.05, 4.69) is 20.9 Å². The van der Waals surface area contributed by atoms with Gasteiger partial charge in [-0.05, 0) is 34.4 Å². The van der Waals surface area contributed by atoms with Gasteiger partial charge in [-0.15, -0.1) is 0 Å². The Morgan fingerprint density at radius 1 is 1.75 bits per heavy atom. The highest BCUT2D eigenvalue weighted by Gasteiger charge is 1.82. The zero-order valence-corrected chi connectivity index (χ0v) is 5.64. The second-order valence-corrected chi connectivity index (χ2v) is 2.18. The summed E-state index contributed by atoms with van der Waals surface area (Å²) in [5, 5.41) is 0. The predicted octanol–water partition coefficient (Wildman–Crippen LogP) is 2.15. The van der Waals surface area contributed by atoms with Crippen LogP contribution in [0, 0.1) is 6.85 Å². The summed E-state index contributed by atoms with van der Waals surface area (Å²) in [4.78, 5) is 3.80. The number of nitrogens with zero attached hydrogens (tertiary/aromatic N) is 1. The van der Waals surface area contributed by atoms with Crippen LogP contribution in [0.3, 0.4) is 0 Å². The van der Waals surface area contributed by atoms with Gasteiger partial charge in [0.15, 0.2) is 0 Å². The molecule has 0 unspecified atom stereocenters. The minimum Gasteiger partial charge on any atom is -0.249 e. The normalized spacial score (nSPS) is 16.4. The maximum absolute atomic E-state index is 7.02. The van der Waals surface area contributed by atoms with E-state index < -0.39 is 6.85 Å². The molecule has 0 atom stereocenters. The molecule has 0 fully saturated rings. The Labute approximate surface area is 61.1 Å². The van der Waals surface area contributed by atoms with Crippen LogP contribution in [-0.4, -0.2) is 4.98 Å². The molecule has 0 saturated heterocycles. The lowest BCUT2D eigenvalue weighted by atomic mass is 10.3. The van der Waals surface area contributed by atoms with Crippen LogP contribution >= 0.6 is 15.9 Å². The second-order valence-electron chi connectivity index (χ2n) is 1.37. The number of halogens is 1. The molecule has 0 aliphatic carbocycles. The highest BCUT2D eigenvalue weighted by Crippen LogP contribution is 2.04. The molecule has 42 valence electrons. The van der Waals surface area contributed by atoms with Gasteiger partial charge in [0.2, 0.25) is 0 Å². The van der Waals surface area contributed by atoms with Crippen molar-refractivity contribution >= 4 is 15.9 Å². The monoisotopic (exact) mass is 174 g/mol. The molecular weight excluding hydrogens is 166 g/mol. The molecule has 0 aromatic carbocycles. The van der Waals surface area contributed by atoms with Crippen molar-refractivity contribution in [2.24, 2.45) is 0 Å². The van der Waals surface area contributed by atoms with E-state index in [0.29, 0.717) is 4.60 Å². The van der Waals surface area contributed by atoms with Crippen molar-refractivity contribution < 1.29 is 4.11 Å². The van der Waals surface area contributed by atoms with Crippen molar-refractivity contribution in [3.8, 4) is 0 Å². The van der Waals surface area contributed by atoms with Crippen molar-refractivity contribution in [2.75, 3.05) is 0 Å². The number of hydrogen-bond donors (Lipinski definition) is 0. The molecule has 1 aromatic rings. The fourth-order valence-electron chi connectivity index (χ4n) is 0.376. The Morgan fingerprint density at radius 3 is 3.12 bits per heavy atom. The van der Waals surface area contributed by atoms with Crippen LogP contribution in [0.1, 0.15) is 9.68 Å². The van der Waals surface area contributed by atoms with Crippen molar-refractivity contribution in [1.82, 2.24) is 4.98 Å². The molecule has 1 nitrogen and oxygen atoms in total. The molecule has 8 heavy (non-hydrogen) atoms. The number of aromatic nitrogens is 1. The van der Waals surface area contributed by atoms with Crippen molar-refractivity contribution in [3.63, 3.8) is 0 Å². The van der Waals surface area contributed by atoms with Gasteiger partial charge in [0, 0.05) is 10.3 Å². The first-order valence-electron chi connectivity index (χ1n) is 3.62. The van der Waals surface area contributed by atoms with Crippen LogP contribution < -0.4 is 0 Å². The molecular formula is C6H6BrN. The molecule has 0 aliphatic rings. The van der Waals surface area contributed by atoms with Crippen LogP contribution in [0.25, 0.3) is 0 Å². The van der Waals surface area contributed by atoms with Gasteiger partial charge in [0.05, 0.1) is 0 Å². The highest BCUT2D eigenvalue weighted by molar-refractivity contribution is 9.10. The number of pyridine rings is 1. The van der Waals surface area contributed by atoms with Crippen molar-refractivity contribution in [1.29, 1.82) is 0 Å². The molecule has 1 rings (SSSR count). The van der Waals surface area contributed by atoms with E-state index in [1.165, 1.54) is 12.3 Å². The van der Waals surface area contributed by atoms with Crippen LogP contribution in [0.5, 0.6) is 0 Å². The van der Waals surface area contributed by atoms with Crippen LogP contribution in [0.15, 0.2) is 22.9 Å². The fourth-order valence-corrected chi connectivity index (χ4v) is 0.610.